The van der Waals surface area contributed by atoms with E-state index < -0.39 is 0 Å². The molecule has 0 fully saturated rings. The van der Waals surface area contributed by atoms with Crippen molar-refractivity contribution in [3.8, 4) is 11.5 Å². The van der Waals surface area contributed by atoms with Crippen molar-refractivity contribution in [2.24, 2.45) is 4.99 Å². The molecule has 7 heteroatoms. The van der Waals surface area contributed by atoms with Crippen LogP contribution in [-0.2, 0) is 13.0 Å². The third-order valence-corrected chi connectivity index (χ3v) is 4.05. The molecule has 140 valence electrons. The van der Waals surface area contributed by atoms with Gasteiger partial charge >= 0.3 is 0 Å². The molecule has 0 radical (unpaired) electrons. The highest BCUT2D eigenvalue weighted by Crippen LogP contribution is 2.32. The summed E-state index contributed by atoms with van der Waals surface area (Å²) >= 11 is 0. The first-order chi connectivity index (χ1) is 12.2. The molecule has 2 N–H and O–H groups in total. The summed E-state index contributed by atoms with van der Waals surface area (Å²) in [5.74, 6) is 2.12. The topological polar surface area (TPSA) is 54.9 Å². The van der Waals surface area contributed by atoms with E-state index in [4.69, 9.17) is 9.47 Å². The SMILES string of the molecule is CN=C(NCCc1ccc2c(c1)OCO2)NCc1ccc(F)c(C)c1.I. The highest BCUT2D eigenvalue weighted by molar-refractivity contribution is 14.0. The van der Waals surface area contributed by atoms with Crippen LogP contribution >= 0.6 is 24.0 Å². The first kappa shape index (κ1) is 20.3. The van der Waals surface area contributed by atoms with Crippen molar-refractivity contribution in [2.75, 3.05) is 20.4 Å². The zero-order valence-electron chi connectivity index (χ0n) is 14.8. The van der Waals surface area contributed by atoms with E-state index in [9.17, 15) is 4.39 Å². The molecule has 0 unspecified atom stereocenters. The Balaban J connectivity index is 0.00000243. The lowest BCUT2D eigenvalue weighted by Gasteiger charge is -2.12. The van der Waals surface area contributed by atoms with Gasteiger partial charge in [0.15, 0.2) is 17.5 Å². The second-order valence-corrected chi connectivity index (χ2v) is 5.87. The van der Waals surface area contributed by atoms with Crippen molar-refractivity contribution in [1.29, 1.82) is 0 Å². The van der Waals surface area contributed by atoms with Crippen molar-refractivity contribution in [3.63, 3.8) is 0 Å². The molecule has 2 aromatic carbocycles. The predicted molar refractivity (Wildman–Crippen MR) is 111 cm³/mol. The number of nitrogens with one attached hydrogen (secondary N) is 2. The lowest BCUT2D eigenvalue weighted by atomic mass is 10.1. The van der Waals surface area contributed by atoms with Gasteiger partial charge in [0.25, 0.3) is 0 Å². The lowest BCUT2D eigenvalue weighted by Crippen LogP contribution is -2.37. The van der Waals surface area contributed by atoms with E-state index in [1.165, 1.54) is 11.6 Å². The first-order valence-electron chi connectivity index (χ1n) is 8.24. The number of guanidine groups is 1. The van der Waals surface area contributed by atoms with Gasteiger partial charge in [0.05, 0.1) is 0 Å². The van der Waals surface area contributed by atoms with Crippen molar-refractivity contribution < 1.29 is 13.9 Å². The minimum Gasteiger partial charge on any atom is -0.454 e. The van der Waals surface area contributed by atoms with Crippen LogP contribution in [0, 0.1) is 12.7 Å². The van der Waals surface area contributed by atoms with E-state index in [0.29, 0.717) is 18.1 Å². The van der Waals surface area contributed by atoms with E-state index in [0.717, 1.165) is 30.0 Å². The molecule has 0 aliphatic carbocycles. The number of aliphatic imine (C=N–C) groups is 1. The number of fused-ring (bicyclic) bond motifs is 1. The summed E-state index contributed by atoms with van der Waals surface area (Å²) < 4.78 is 24.0. The first-order valence-corrected chi connectivity index (χ1v) is 8.24. The fourth-order valence-corrected chi connectivity index (χ4v) is 2.64. The Morgan fingerprint density at radius 3 is 2.62 bits per heavy atom. The maximum Gasteiger partial charge on any atom is 0.231 e. The standard InChI is InChI=1S/C19H22FN3O2.HI/c1-13-9-15(3-5-16(13)20)11-23-19(21-2)22-8-7-14-4-6-17-18(10-14)25-12-24-17;/h3-6,9-10H,7-8,11-12H2,1-2H3,(H2,21,22,23);1H. The van der Waals surface area contributed by atoms with E-state index in [1.807, 2.05) is 24.3 Å². The molecule has 26 heavy (non-hydrogen) atoms. The van der Waals surface area contributed by atoms with Gasteiger partial charge in [-0.3, -0.25) is 4.99 Å². The maximum atomic E-state index is 13.3. The van der Waals surface area contributed by atoms with Crippen molar-refractivity contribution >= 4 is 29.9 Å². The lowest BCUT2D eigenvalue weighted by molar-refractivity contribution is 0.174. The fourth-order valence-electron chi connectivity index (χ4n) is 2.64. The Morgan fingerprint density at radius 2 is 1.85 bits per heavy atom. The van der Waals surface area contributed by atoms with Crippen LogP contribution in [0.1, 0.15) is 16.7 Å². The summed E-state index contributed by atoms with van der Waals surface area (Å²) in [7, 11) is 1.73. The number of benzene rings is 2. The van der Waals surface area contributed by atoms with Gasteiger partial charge in [-0.1, -0.05) is 18.2 Å². The molecule has 0 spiro atoms. The molecule has 2 aromatic rings. The van der Waals surface area contributed by atoms with Crippen LogP contribution in [0.3, 0.4) is 0 Å². The number of rotatable bonds is 5. The largest absolute Gasteiger partial charge is 0.454 e. The Labute approximate surface area is 170 Å². The fraction of sp³-hybridized carbons (Fsp3) is 0.316. The number of hydrogen-bond donors (Lipinski definition) is 2. The van der Waals surface area contributed by atoms with Gasteiger partial charge in [0.2, 0.25) is 6.79 Å². The summed E-state index contributed by atoms with van der Waals surface area (Å²) in [5, 5.41) is 6.51. The Morgan fingerprint density at radius 1 is 1.08 bits per heavy atom. The molecular formula is C19H23FIN3O2. The molecule has 5 nitrogen and oxygen atoms in total. The Bertz CT molecular complexity index is 783. The number of ether oxygens (including phenoxy) is 2. The van der Waals surface area contributed by atoms with E-state index in [-0.39, 0.29) is 36.6 Å². The summed E-state index contributed by atoms with van der Waals surface area (Å²) in [4.78, 5) is 4.21. The smallest absolute Gasteiger partial charge is 0.231 e. The van der Waals surface area contributed by atoms with Crippen molar-refractivity contribution in [1.82, 2.24) is 10.6 Å². The summed E-state index contributed by atoms with van der Waals surface area (Å²) in [5.41, 5.74) is 2.82. The van der Waals surface area contributed by atoms with E-state index >= 15 is 0 Å². The molecule has 0 atom stereocenters. The predicted octanol–water partition coefficient (Wildman–Crippen LogP) is 3.39. The highest BCUT2D eigenvalue weighted by atomic mass is 127. The van der Waals surface area contributed by atoms with E-state index in [2.05, 4.69) is 15.6 Å². The normalized spacial score (nSPS) is 12.5. The second kappa shape index (κ2) is 9.61. The molecule has 1 heterocycles. The van der Waals surface area contributed by atoms with Gasteiger partial charge in [0.1, 0.15) is 5.82 Å². The van der Waals surface area contributed by atoms with Gasteiger partial charge in [-0.15, -0.1) is 24.0 Å². The monoisotopic (exact) mass is 471 g/mol. The zero-order chi connectivity index (χ0) is 17.6. The number of hydrogen-bond acceptors (Lipinski definition) is 3. The van der Waals surface area contributed by atoms with Gasteiger partial charge < -0.3 is 20.1 Å². The average Bonchev–Trinajstić information content (AvgIpc) is 3.08. The van der Waals surface area contributed by atoms with Crippen LogP contribution in [0.2, 0.25) is 0 Å². The molecule has 0 amide bonds. The van der Waals surface area contributed by atoms with Crippen LogP contribution in [0.5, 0.6) is 11.5 Å². The molecule has 0 aromatic heterocycles. The summed E-state index contributed by atoms with van der Waals surface area (Å²) in [6, 6.07) is 11.1. The third-order valence-electron chi connectivity index (χ3n) is 4.05. The van der Waals surface area contributed by atoms with Crippen LogP contribution in [0.25, 0.3) is 0 Å². The minimum absolute atomic E-state index is 0. The minimum atomic E-state index is -0.185. The van der Waals surface area contributed by atoms with Crippen LogP contribution in [-0.4, -0.2) is 26.3 Å². The number of nitrogens with zero attached hydrogens (tertiary/aromatic N) is 1. The van der Waals surface area contributed by atoms with Crippen LogP contribution < -0.4 is 20.1 Å². The average molecular weight is 471 g/mol. The number of aryl methyl sites for hydroxylation is 1. The quantitative estimate of drug-likeness (QED) is 0.399. The van der Waals surface area contributed by atoms with Crippen molar-refractivity contribution in [3.05, 3.63) is 58.9 Å². The van der Waals surface area contributed by atoms with Crippen molar-refractivity contribution in [2.45, 2.75) is 19.9 Å². The molecule has 0 bridgehead atoms. The van der Waals surface area contributed by atoms with Crippen LogP contribution in [0.15, 0.2) is 41.4 Å². The molecule has 1 aliphatic heterocycles. The van der Waals surface area contributed by atoms with Gasteiger partial charge in [-0.05, 0) is 48.2 Å². The Kier molecular flexibility index (Phi) is 7.50. The molecule has 0 saturated carbocycles. The Hall–Kier alpha value is -2.03. The molecule has 0 saturated heterocycles. The second-order valence-electron chi connectivity index (χ2n) is 5.87. The van der Waals surface area contributed by atoms with Gasteiger partial charge in [-0.25, -0.2) is 4.39 Å². The zero-order valence-corrected chi connectivity index (χ0v) is 17.2. The third kappa shape index (κ3) is 5.23. The van der Waals surface area contributed by atoms with Gasteiger partial charge in [-0.2, -0.15) is 0 Å². The highest BCUT2D eigenvalue weighted by Gasteiger charge is 2.12. The molecule has 3 rings (SSSR count). The maximum absolute atomic E-state index is 13.3. The summed E-state index contributed by atoms with van der Waals surface area (Å²) in [6.45, 7) is 3.38. The van der Waals surface area contributed by atoms with Crippen LogP contribution in [0.4, 0.5) is 4.39 Å². The van der Waals surface area contributed by atoms with Gasteiger partial charge in [0, 0.05) is 20.1 Å². The molecular weight excluding hydrogens is 448 g/mol. The molecule has 1 aliphatic rings. The number of halogens is 2. The summed E-state index contributed by atoms with van der Waals surface area (Å²) in [6.07, 6.45) is 0.840. The van der Waals surface area contributed by atoms with E-state index in [1.54, 1.807) is 20.0 Å².